The zero-order valence-electron chi connectivity index (χ0n) is 21.3. The second-order valence-electron chi connectivity index (χ2n) is 10.3. The molecule has 2 unspecified atom stereocenters. The van der Waals surface area contributed by atoms with Crippen LogP contribution in [0.15, 0.2) is 133 Å². The Balaban J connectivity index is 1.60. The van der Waals surface area contributed by atoms with E-state index in [0.29, 0.717) is 5.92 Å². The molecule has 1 nitrogen and oxygen atoms in total. The largest absolute Gasteiger partial charge is 0.309 e. The van der Waals surface area contributed by atoms with E-state index in [1.165, 1.54) is 50.4 Å². The van der Waals surface area contributed by atoms with E-state index in [0.717, 1.165) is 0 Å². The first-order valence-electron chi connectivity index (χ1n) is 13.3. The van der Waals surface area contributed by atoms with E-state index >= 15 is 0 Å². The lowest BCUT2D eigenvalue weighted by Crippen LogP contribution is -2.38. The molecule has 0 amide bonds. The molecule has 5 aromatic carbocycles. The first-order chi connectivity index (χ1) is 18.7. The number of benzene rings is 5. The molecule has 2 heteroatoms. The van der Waals surface area contributed by atoms with Crippen molar-refractivity contribution in [2.75, 3.05) is 4.90 Å². The molecule has 0 fully saturated rings. The van der Waals surface area contributed by atoms with Crippen LogP contribution in [0.25, 0.3) is 6.08 Å². The Bertz CT molecular complexity index is 1570. The highest BCUT2D eigenvalue weighted by atomic mass is 79.9. The molecule has 1 aliphatic carbocycles. The van der Waals surface area contributed by atoms with Crippen molar-refractivity contribution in [2.24, 2.45) is 5.92 Å². The SMILES string of the molecule is CC1C=Cc2cccc(N3c4ccccc4C(c4ccccc4)(c4ccccc4)c4ccccc43)c2C1Br. The molecule has 0 saturated heterocycles. The first kappa shape index (κ1) is 23.3. The molecule has 38 heavy (non-hydrogen) atoms. The summed E-state index contributed by atoms with van der Waals surface area (Å²) in [6, 6.07) is 46.6. The number of hydrogen-bond donors (Lipinski definition) is 0. The van der Waals surface area contributed by atoms with Gasteiger partial charge in [0.05, 0.1) is 22.5 Å². The zero-order valence-corrected chi connectivity index (χ0v) is 22.8. The highest BCUT2D eigenvalue weighted by Gasteiger charge is 2.46. The van der Waals surface area contributed by atoms with Crippen LogP contribution in [0.3, 0.4) is 0 Å². The summed E-state index contributed by atoms with van der Waals surface area (Å²) in [5, 5.41) is 0. The summed E-state index contributed by atoms with van der Waals surface area (Å²) in [4.78, 5) is 2.74. The summed E-state index contributed by atoms with van der Waals surface area (Å²) in [5.41, 5.74) is 11.0. The lowest BCUT2D eigenvalue weighted by molar-refractivity contribution is 0.706. The van der Waals surface area contributed by atoms with E-state index in [2.05, 4.69) is 167 Å². The van der Waals surface area contributed by atoms with E-state index < -0.39 is 5.41 Å². The van der Waals surface area contributed by atoms with Crippen LogP contribution in [0.5, 0.6) is 0 Å². The zero-order chi connectivity index (χ0) is 25.7. The fraction of sp³-hybridized carbons (Fsp3) is 0.111. The number of rotatable bonds is 3. The molecule has 0 aromatic heterocycles. The molecule has 5 aromatic rings. The third kappa shape index (κ3) is 3.30. The van der Waals surface area contributed by atoms with Crippen LogP contribution in [-0.2, 0) is 5.41 Å². The van der Waals surface area contributed by atoms with Crippen LogP contribution in [-0.4, -0.2) is 0 Å². The average molecular weight is 555 g/mol. The maximum absolute atomic E-state index is 4.07. The van der Waals surface area contributed by atoms with Gasteiger partial charge in [-0.05, 0) is 57.5 Å². The van der Waals surface area contributed by atoms with E-state index in [1.807, 2.05) is 0 Å². The minimum absolute atomic E-state index is 0.243. The molecular formula is C36H28BrN. The Morgan fingerprint density at radius 1 is 0.579 bits per heavy atom. The molecule has 0 bridgehead atoms. The van der Waals surface area contributed by atoms with Crippen LogP contribution < -0.4 is 4.90 Å². The molecule has 7 rings (SSSR count). The Hall–Kier alpha value is -3.88. The number of alkyl halides is 1. The van der Waals surface area contributed by atoms with Gasteiger partial charge in [-0.15, -0.1) is 0 Å². The third-order valence-corrected chi connectivity index (χ3v) is 9.48. The topological polar surface area (TPSA) is 3.24 Å². The average Bonchev–Trinajstić information content (AvgIpc) is 2.98. The fourth-order valence-corrected chi connectivity index (χ4v) is 7.17. The van der Waals surface area contributed by atoms with Gasteiger partial charge < -0.3 is 4.90 Å². The van der Waals surface area contributed by atoms with E-state index in [1.54, 1.807) is 0 Å². The molecule has 184 valence electrons. The molecule has 0 saturated carbocycles. The van der Waals surface area contributed by atoms with Crippen LogP contribution in [0.2, 0.25) is 0 Å². The van der Waals surface area contributed by atoms with Gasteiger partial charge in [-0.25, -0.2) is 0 Å². The third-order valence-electron chi connectivity index (χ3n) is 8.19. The Labute approximate surface area is 233 Å². The smallest absolute Gasteiger partial charge is 0.0742 e. The van der Waals surface area contributed by atoms with Gasteiger partial charge in [-0.2, -0.15) is 0 Å². The van der Waals surface area contributed by atoms with Crippen molar-refractivity contribution in [1.82, 2.24) is 0 Å². The monoisotopic (exact) mass is 553 g/mol. The number of para-hydroxylation sites is 2. The fourth-order valence-electron chi connectivity index (χ4n) is 6.50. The molecule has 0 N–H and O–H groups in total. The Morgan fingerprint density at radius 2 is 1.08 bits per heavy atom. The number of anilines is 3. The summed E-state index contributed by atoms with van der Waals surface area (Å²) < 4.78 is 0. The van der Waals surface area contributed by atoms with Gasteiger partial charge in [0.25, 0.3) is 0 Å². The van der Waals surface area contributed by atoms with Gasteiger partial charge in [-0.1, -0.05) is 144 Å². The summed E-state index contributed by atoms with van der Waals surface area (Å²) >= 11 is 4.07. The number of halogens is 1. The number of fused-ring (bicyclic) bond motifs is 3. The van der Waals surface area contributed by atoms with Crippen LogP contribution in [0, 0.1) is 5.92 Å². The van der Waals surface area contributed by atoms with Gasteiger partial charge in [-0.3, -0.25) is 0 Å². The molecule has 2 atom stereocenters. The van der Waals surface area contributed by atoms with Crippen LogP contribution in [0.4, 0.5) is 17.1 Å². The number of allylic oxidation sites excluding steroid dienone is 1. The minimum atomic E-state index is -0.442. The van der Waals surface area contributed by atoms with Crippen molar-refractivity contribution in [1.29, 1.82) is 0 Å². The summed E-state index contributed by atoms with van der Waals surface area (Å²) in [5.74, 6) is 0.409. The van der Waals surface area contributed by atoms with Crippen molar-refractivity contribution in [2.45, 2.75) is 17.2 Å². The van der Waals surface area contributed by atoms with Crippen molar-refractivity contribution in [3.63, 3.8) is 0 Å². The van der Waals surface area contributed by atoms with Crippen molar-refractivity contribution < 1.29 is 0 Å². The van der Waals surface area contributed by atoms with Gasteiger partial charge in [0.15, 0.2) is 0 Å². The van der Waals surface area contributed by atoms with Gasteiger partial charge >= 0.3 is 0 Å². The van der Waals surface area contributed by atoms with E-state index in [9.17, 15) is 0 Å². The quantitative estimate of drug-likeness (QED) is 0.197. The van der Waals surface area contributed by atoms with Crippen molar-refractivity contribution in [3.8, 4) is 0 Å². The Morgan fingerprint density at radius 3 is 1.66 bits per heavy atom. The second-order valence-corrected chi connectivity index (χ2v) is 11.2. The predicted octanol–water partition coefficient (Wildman–Crippen LogP) is 9.95. The molecular weight excluding hydrogens is 526 g/mol. The molecule has 0 spiro atoms. The maximum atomic E-state index is 4.07. The number of nitrogens with zero attached hydrogens (tertiary/aromatic N) is 1. The summed E-state index contributed by atoms with van der Waals surface area (Å²) in [7, 11) is 0. The van der Waals surface area contributed by atoms with Crippen molar-refractivity contribution >= 4 is 39.1 Å². The normalized spacial score (nSPS) is 18.8. The van der Waals surface area contributed by atoms with E-state index in [-0.39, 0.29) is 4.83 Å². The lowest BCUT2D eigenvalue weighted by Gasteiger charge is -2.47. The highest BCUT2D eigenvalue weighted by molar-refractivity contribution is 9.09. The summed E-state index contributed by atoms with van der Waals surface area (Å²) in [6.45, 7) is 2.28. The molecule has 2 aliphatic rings. The van der Waals surface area contributed by atoms with Gasteiger partial charge in [0, 0.05) is 4.83 Å². The first-order valence-corrected chi connectivity index (χ1v) is 14.2. The van der Waals surface area contributed by atoms with E-state index in [4.69, 9.17) is 0 Å². The van der Waals surface area contributed by atoms with Gasteiger partial charge in [0.2, 0.25) is 0 Å². The Kier molecular flexibility index (Phi) is 5.60. The minimum Gasteiger partial charge on any atom is -0.309 e. The molecule has 1 aliphatic heterocycles. The molecule has 0 radical (unpaired) electrons. The molecule has 1 heterocycles. The summed E-state index contributed by atoms with van der Waals surface area (Å²) in [6.07, 6.45) is 4.58. The van der Waals surface area contributed by atoms with Crippen molar-refractivity contribution in [3.05, 3.63) is 167 Å². The standard InChI is InChI=1S/C36H28BrN/c1-25-23-24-26-13-12-22-33(34(26)35(25)37)38-31-20-10-8-18-29(31)36(27-14-4-2-5-15-27,28-16-6-3-7-17-28)30-19-9-11-21-32(30)38/h2-25,35H,1H3. The predicted molar refractivity (Wildman–Crippen MR) is 163 cm³/mol. The van der Waals surface area contributed by atoms with Crippen LogP contribution >= 0.6 is 15.9 Å². The van der Waals surface area contributed by atoms with Crippen LogP contribution in [0.1, 0.15) is 45.1 Å². The lowest BCUT2D eigenvalue weighted by atomic mass is 9.62. The number of hydrogen-bond acceptors (Lipinski definition) is 1. The van der Waals surface area contributed by atoms with Gasteiger partial charge in [0.1, 0.15) is 0 Å². The maximum Gasteiger partial charge on any atom is 0.0742 e. The highest BCUT2D eigenvalue weighted by Crippen LogP contribution is 2.59. The second kappa shape index (κ2) is 9.15.